The molecule has 0 bridgehead atoms. The van der Waals surface area contributed by atoms with Crippen LogP contribution in [0.25, 0.3) is 10.9 Å². The minimum absolute atomic E-state index is 0.0603. The van der Waals surface area contributed by atoms with Crippen LogP contribution in [0.15, 0.2) is 36.8 Å². The first-order chi connectivity index (χ1) is 10.1. The van der Waals surface area contributed by atoms with Crippen LogP contribution in [0.1, 0.15) is 16.2 Å². The van der Waals surface area contributed by atoms with Crippen LogP contribution in [0, 0.1) is 0 Å². The summed E-state index contributed by atoms with van der Waals surface area (Å²) in [6, 6.07) is 5.50. The van der Waals surface area contributed by atoms with E-state index in [0.29, 0.717) is 17.8 Å². The molecule has 0 saturated heterocycles. The maximum absolute atomic E-state index is 12.6. The Balaban J connectivity index is 1.89. The summed E-state index contributed by atoms with van der Waals surface area (Å²) in [5, 5.41) is 0.840. The zero-order valence-corrected chi connectivity index (χ0v) is 12.0. The van der Waals surface area contributed by atoms with Gasteiger partial charge in [0, 0.05) is 49.3 Å². The smallest absolute Gasteiger partial charge is 0.256 e. The van der Waals surface area contributed by atoms with E-state index < -0.39 is 0 Å². The second-order valence-electron chi connectivity index (χ2n) is 5.12. The Labute approximate surface area is 122 Å². The largest absolute Gasteiger partial charge is 0.399 e. The number of hydrogen-bond donors (Lipinski definition) is 2. The van der Waals surface area contributed by atoms with Crippen molar-refractivity contribution in [3.63, 3.8) is 0 Å². The molecule has 0 aliphatic rings. The standard InChI is InChI=1S/C15H17N5O/c1-19-6-5-17-14(19)9-20(2)15(21)12-8-18-13-4-3-10(16)7-11(12)13/h3-8,18H,9,16H2,1-2H3. The Kier molecular flexibility index (Phi) is 3.13. The fourth-order valence-corrected chi connectivity index (χ4v) is 2.35. The highest BCUT2D eigenvalue weighted by Crippen LogP contribution is 2.22. The van der Waals surface area contributed by atoms with Gasteiger partial charge in [-0.15, -0.1) is 0 Å². The van der Waals surface area contributed by atoms with Gasteiger partial charge in [0.2, 0.25) is 0 Å². The first-order valence-corrected chi connectivity index (χ1v) is 6.64. The lowest BCUT2D eigenvalue weighted by atomic mass is 10.1. The summed E-state index contributed by atoms with van der Waals surface area (Å²) in [6.07, 6.45) is 5.31. The van der Waals surface area contributed by atoms with Gasteiger partial charge in [0.1, 0.15) is 5.82 Å². The average molecular weight is 283 g/mol. The zero-order chi connectivity index (χ0) is 15.0. The van der Waals surface area contributed by atoms with Crippen molar-refractivity contribution >= 4 is 22.5 Å². The van der Waals surface area contributed by atoms with E-state index in [2.05, 4.69) is 9.97 Å². The maximum Gasteiger partial charge on any atom is 0.256 e. The molecule has 3 aromatic rings. The van der Waals surface area contributed by atoms with Crippen molar-refractivity contribution in [3.05, 3.63) is 48.2 Å². The predicted molar refractivity (Wildman–Crippen MR) is 81.7 cm³/mol. The van der Waals surface area contributed by atoms with E-state index in [4.69, 9.17) is 5.73 Å². The quantitative estimate of drug-likeness (QED) is 0.719. The first-order valence-electron chi connectivity index (χ1n) is 6.64. The molecule has 3 N–H and O–H groups in total. The van der Waals surface area contributed by atoms with Gasteiger partial charge in [-0.2, -0.15) is 0 Å². The normalized spacial score (nSPS) is 11.0. The molecule has 0 unspecified atom stereocenters. The Morgan fingerprint density at radius 1 is 1.48 bits per heavy atom. The Morgan fingerprint density at radius 3 is 3.00 bits per heavy atom. The Morgan fingerprint density at radius 2 is 2.29 bits per heavy atom. The molecule has 0 aliphatic heterocycles. The SMILES string of the molecule is CN(Cc1nccn1C)C(=O)c1c[nH]c2ccc(N)cc12. The molecule has 2 heterocycles. The van der Waals surface area contributed by atoms with Crippen LogP contribution >= 0.6 is 0 Å². The van der Waals surface area contributed by atoms with Gasteiger partial charge in [-0.3, -0.25) is 4.79 Å². The fourth-order valence-electron chi connectivity index (χ4n) is 2.35. The Bertz CT molecular complexity index is 801. The number of nitrogens with two attached hydrogens (primary N) is 1. The van der Waals surface area contributed by atoms with Crippen LogP contribution in [0.5, 0.6) is 0 Å². The molecule has 0 atom stereocenters. The van der Waals surface area contributed by atoms with Crippen molar-refractivity contribution in [3.8, 4) is 0 Å². The maximum atomic E-state index is 12.6. The number of nitrogen functional groups attached to an aromatic ring is 1. The van der Waals surface area contributed by atoms with Gasteiger partial charge in [-0.1, -0.05) is 0 Å². The van der Waals surface area contributed by atoms with Gasteiger partial charge >= 0.3 is 0 Å². The number of nitrogens with one attached hydrogen (secondary N) is 1. The third-order valence-corrected chi connectivity index (χ3v) is 3.58. The monoisotopic (exact) mass is 283 g/mol. The van der Waals surface area contributed by atoms with Gasteiger partial charge in [-0.25, -0.2) is 4.98 Å². The summed E-state index contributed by atoms with van der Waals surface area (Å²) >= 11 is 0. The predicted octanol–water partition coefficient (Wildman–Crippen LogP) is 1.76. The second-order valence-corrected chi connectivity index (χ2v) is 5.12. The van der Waals surface area contributed by atoms with Crippen LogP contribution in [0.3, 0.4) is 0 Å². The number of aryl methyl sites for hydroxylation is 1. The minimum Gasteiger partial charge on any atom is -0.399 e. The highest BCUT2D eigenvalue weighted by atomic mass is 16.2. The molecule has 0 aliphatic carbocycles. The number of aromatic amines is 1. The number of H-pyrrole nitrogens is 1. The van der Waals surface area contributed by atoms with Crippen LogP contribution < -0.4 is 5.73 Å². The van der Waals surface area contributed by atoms with Crippen molar-refractivity contribution in [2.45, 2.75) is 6.54 Å². The molecule has 108 valence electrons. The minimum atomic E-state index is -0.0603. The molecule has 3 rings (SSSR count). The molecule has 1 amide bonds. The molecule has 0 fully saturated rings. The average Bonchev–Trinajstić information content (AvgIpc) is 3.04. The van der Waals surface area contributed by atoms with Gasteiger partial charge in [0.15, 0.2) is 0 Å². The molecule has 6 heteroatoms. The second kappa shape index (κ2) is 4.97. The molecule has 21 heavy (non-hydrogen) atoms. The summed E-state index contributed by atoms with van der Waals surface area (Å²) in [7, 11) is 3.68. The van der Waals surface area contributed by atoms with Crippen LogP contribution in [0.4, 0.5) is 5.69 Å². The third-order valence-electron chi connectivity index (χ3n) is 3.58. The number of fused-ring (bicyclic) bond motifs is 1. The summed E-state index contributed by atoms with van der Waals surface area (Å²) in [5.74, 6) is 0.778. The number of rotatable bonds is 3. The number of carbonyl (C=O) groups is 1. The van der Waals surface area contributed by atoms with E-state index in [-0.39, 0.29) is 5.91 Å². The first kappa shape index (κ1) is 13.2. The molecule has 0 radical (unpaired) electrons. The summed E-state index contributed by atoms with van der Waals surface area (Å²) < 4.78 is 1.90. The number of amides is 1. The number of nitrogens with zero attached hydrogens (tertiary/aromatic N) is 3. The number of imidazole rings is 1. The van der Waals surface area contributed by atoms with Crippen LogP contribution in [-0.2, 0) is 13.6 Å². The van der Waals surface area contributed by atoms with Gasteiger partial charge in [0.25, 0.3) is 5.91 Å². The van der Waals surface area contributed by atoms with Gasteiger partial charge in [0.05, 0.1) is 12.1 Å². The highest BCUT2D eigenvalue weighted by molar-refractivity contribution is 6.07. The summed E-state index contributed by atoms with van der Waals surface area (Å²) in [4.78, 5) is 21.6. The molecule has 2 aromatic heterocycles. The fraction of sp³-hybridized carbons (Fsp3) is 0.200. The molecule has 0 spiro atoms. The van der Waals surface area contributed by atoms with Crippen molar-refractivity contribution in [1.82, 2.24) is 19.4 Å². The van der Waals surface area contributed by atoms with Crippen molar-refractivity contribution < 1.29 is 4.79 Å². The summed E-state index contributed by atoms with van der Waals surface area (Å²) in [6.45, 7) is 0.456. The lowest BCUT2D eigenvalue weighted by Crippen LogP contribution is -2.27. The van der Waals surface area contributed by atoms with Crippen LogP contribution in [0.2, 0.25) is 0 Å². The van der Waals surface area contributed by atoms with Crippen molar-refractivity contribution in [2.75, 3.05) is 12.8 Å². The molecular formula is C15H17N5O. The van der Waals surface area contributed by atoms with Gasteiger partial charge in [-0.05, 0) is 18.2 Å². The van der Waals surface area contributed by atoms with Crippen molar-refractivity contribution in [1.29, 1.82) is 0 Å². The topological polar surface area (TPSA) is 79.9 Å². The lowest BCUT2D eigenvalue weighted by Gasteiger charge is -2.16. The molecular weight excluding hydrogens is 266 g/mol. The van der Waals surface area contributed by atoms with E-state index in [1.807, 2.05) is 36.0 Å². The van der Waals surface area contributed by atoms with E-state index in [1.165, 1.54) is 0 Å². The van der Waals surface area contributed by atoms with E-state index in [9.17, 15) is 4.79 Å². The van der Waals surface area contributed by atoms with Crippen molar-refractivity contribution in [2.24, 2.45) is 7.05 Å². The highest BCUT2D eigenvalue weighted by Gasteiger charge is 2.17. The lowest BCUT2D eigenvalue weighted by molar-refractivity contribution is 0.0782. The number of benzene rings is 1. The Hall–Kier alpha value is -2.76. The molecule has 0 saturated carbocycles. The zero-order valence-electron chi connectivity index (χ0n) is 12.0. The number of carbonyl (C=O) groups excluding carboxylic acids is 1. The number of anilines is 1. The van der Waals surface area contributed by atoms with E-state index in [1.54, 1.807) is 24.3 Å². The van der Waals surface area contributed by atoms with Gasteiger partial charge < -0.3 is 20.2 Å². The third kappa shape index (κ3) is 2.35. The number of aromatic nitrogens is 3. The summed E-state index contributed by atoms with van der Waals surface area (Å²) in [5.41, 5.74) is 7.97. The van der Waals surface area contributed by atoms with E-state index >= 15 is 0 Å². The van der Waals surface area contributed by atoms with Crippen LogP contribution in [-0.4, -0.2) is 32.4 Å². The molecule has 1 aromatic carbocycles. The number of hydrogen-bond acceptors (Lipinski definition) is 3. The molecule has 6 nitrogen and oxygen atoms in total. The van der Waals surface area contributed by atoms with E-state index in [0.717, 1.165) is 16.7 Å².